The van der Waals surface area contributed by atoms with Crippen LogP contribution in [-0.2, 0) is 18.7 Å². The molecule has 1 saturated heterocycles. The number of esters is 1. The van der Waals surface area contributed by atoms with E-state index < -0.39 is 20.0 Å². The van der Waals surface area contributed by atoms with E-state index in [0.717, 1.165) is 12.8 Å². The zero-order valence-electron chi connectivity index (χ0n) is 18.0. The Morgan fingerprint density at radius 1 is 1.12 bits per heavy atom. The van der Waals surface area contributed by atoms with Gasteiger partial charge in [0, 0.05) is 6.54 Å². The minimum Gasteiger partial charge on any atom is -0.469 e. The highest BCUT2D eigenvalue weighted by atomic mass is 28.4. The summed E-state index contributed by atoms with van der Waals surface area (Å²) in [7, 11) is -0.670. The molecule has 1 rings (SSSR count). The zero-order chi connectivity index (χ0) is 20.3. The lowest BCUT2D eigenvalue weighted by Gasteiger charge is -2.46. The smallest absolute Gasteiger partial charge is 0.410 e. The van der Waals surface area contributed by atoms with Crippen molar-refractivity contribution < 1.29 is 23.5 Å². The van der Waals surface area contributed by atoms with Gasteiger partial charge in [-0.2, -0.15) is 0 Å². The number of nitrogens with zero attached hydrogens (tertiary/aromatic N) is 1. The predicted octanol–water partition coefficient (Wildman–Crippen LogP) is 4.34. The molecular formula is C19H37NO5Si. The van der Waals surface area contributed by atoms with Crippen molar-refractivity contribution in [1.29, 1.82) is 0 Å². The van der Waals surface area contributed by atoms with Crippen LogP contribution in [0.2, 0.25) is 18.1 Å². The first kappa shape index (κ1) is 23.0. The highest BCUT2D eigenvalue weighted by Crippen LogP contribution is 2.39. The van der Waals surface area contributed by atoms with Gasteiger partial charge in [-0.05, 0) is 51.7 Å². The van der Waals surface area contributed by atoms with Crippen LogP contribution in [-0.4, -0.2) is 56.7 Å². The molecule has 0 spiro atoms. The van der Waals surface area contributed by atoms with Crippen LogP contribution in [0.1, 0.15) is 60.8 Å². The van der Waals surface area contributed by atoms with Crippen molar-refractivity contribution in [2.75, 3.05) is 13.7 Å². The van der Waals surface area contributed by atoms with Crippen molar-refractivity contribution >= 4 is 20.4 Å². The molecule has 0 aromatic heterocycles. The van der Waals surface area contributed by atoms with Crippen LogP contribution in [0.25, 0.3) is 0 Å². The van der Waals surface area contributed by atoms with Crippen LogP contribution in [0.4, 0.5) is 4.79 Å². The summed E-state index contributed by atoms with van der Waals surface area (Å²) in [5, 5.41) is 0.0526. The number of carbonyl (C=O) groups excluding carboxylic acids is 2. The largest absolute Gasteiger partial charge is 0.469 e. The van der Waals surface area contributed by atoms with Gasteiger partial charge in [-0.25, -0.2) is 4.79 Å². The predicted molar refractivity (Wildman–Crippen MR) is 105 cm³/mol. The van der Waals surface area contributed by atoms with E-state index in [-0.39, 0.29) is 29.6 Å². The number of methoxy groups -OCH3 is 1. The topological polar surface area (TPSA) is 65.1 Å². The van der Waals surface area contributed by atoms with Gasteiger partial charge in [-0.1, -0.05) is 20.8 Å². The number of piperidine rings is 1. The Balaban J connectivity index is 3.07. The molecule has 26 heavy (non-hydrogen) atoms. The zero-order valence-corrected chi connectivity index (χ0v) is 19.0. The van der Waals surface area contributed by atoms with Gasteiger partial charge < -0.3 is 18.8 Å². The van der Waals surface area contributed by atoms with Gasteiger partial charge in [-0.15, -0.1) is 0 Å². The maximum absolute atomic E-state index is 12.7. The van der Waals surface area contributed by atoms with Crippen LogP contribution in [0.15, 0.2) is 0 Å². The van der Waals surface area contributed by atoms with Gasteiger partial charge in [0.1, 0.15) is 5.60 Å². The molecule has 1 amide bonds. The summed E-state index contributed by atoms with van der Waals surface area (Å²) in [6.07, 6.45) is 1.20. The second kappa shape index (κ2) is 8.29. The van der Waals surface area contributed by atoms with E-state index in [1.165, 1.54) is 7.11 Å². The van der Waals surface area contributed by atoms with Crippen molar-refractivity contribution in [2.24, 2.45) is 0 Å². The normalized spacial score (nSPS) is 22.1. The Bertz CT molecular complexity index is 507. The van der Waals surface area contributed by atoms with Crippen molar-refractivity contribution in [3.05, 3.63) is 0 Å². The van der Waals surface area contributed by atoms with Crippen LogP contribution in [0.5, 0.6) is 0 Å². The first-order valence-corrected chi connectivity index (χ1v) is 12.3. The third kappa shape index (κ3) is 6.27. The highest BCUT2D eigenvalue weighted by molar-refractivity contribution is 6.74. The molecule has 0 bridgehead atoms. The minimum atomic E-state index is -2.04. The standard InChI is InChI=1S/C19H37NO5Si/c1-18(2,3)24-17(22)20-12-10-11-15(14(20)13-16(21)23-7)25-26(8,9)19(4,5)6/h14-15H,10-13H2,1-9H3/t14-,15+/m1/s1. The fourth-order valence-electron chi connectivity index (χ4n) is 2.76. The van der Waals surface area contributed by atoms with E-state index in [1.807, 2.05) is 20.8 Å². The number of carbonyl (C=O) groups is 2. The summed E-state index contributed by atoms with van der Waals surface area (Å²) in [4.78, 5) is 26.4. The van der Waals surface area contributed by atoms with Crippen molar-refractivity contribution in [3.8, 4) is 0 Å². The van der Waals surface area contributed by atoms with Gasteiger partial charge in [0.2, 0.25) is 0 Å². The van der Waals surface area contributed by atoms with E-state index >= 15 is 0 Å². The monoisotopic (exact) mass is 387 g/mol. The quantitative estimate of drug-likeness (QED) is 0.530. The first-order valence-electron chi connectivity index (χ1n) is 9.42. The highest BCUT2D eigenvalue weighted by Gasteiger charge is 2.45. The second-order valence-corrected chi connectivity index (χ2v) is 14.3. The molecule has 7 heteroatoms. The van der Waals surface area contributed by atoms with E-state index in [0.29, 0.717) is 6.54 Å². The SMILES string of the molecule is COC(=O)C[C@@H]1[C@@H](O[Si](C)(C)C(C)(C)C)CCCN1C(=O)OC(C)(C)C. The van der Waals surface area contributed by atoms with Crippen molar-refractivity contribution in [3.63, 3.8) is 0 Å². The summed E-state index contributed by atoms with van der Waals surface area (Å²) < 4.78 is 17.0. The molecule has 1 aliphatic heterocycles. The fraction of sp³-hybridized carbons (Fsp3) is 0.895. The van der Waals surface area contributed by atoms with Gasteiger partial charge in [0.05, 0.1) is 25.7 Å². The molecule has 0 aliphatic carbocycles. The molecule has 152 valence electrons. The average molecular weight is 388 g/mol. The lowest BCUT2D eigenvalue weighted by molar-refractivity contribution is -0.143. The average Bonchev–Trinajstić information content (AvgIpc) is 2.45. The van der Waals surface area contributed by atoms with E-state index in [1.54, 1.807) is 4.90 Å². The molecule has 0 radical (unpaired) electrons. The van der Waals surface area contributed by atoms with Crippen LogP contribution in [0.3, 0.4) is 0 Å². The summed E-state index contributed by atoms with van der Waals surface area (Å²) in [6.45, 7) is 17.0. The first-order chi connectivity index (χ1) is 11.7. The van der Waals surface area contributed by atoms with E-state index in [4.69, 9.17) is 13.9 Å². The molecule has 1 fully saturated rings. The van der Waals surface area contributed by atoms with Crippen molar-refractivity contribution in [2.45, 2.75) is 96.7 Å². The number of hydrogen-bond donors (Lipinski definition) is 0. The lowest BCUT2D eigenvalue weighted by atomic mass is 9.96. The molecule has 1 aliphatic rings. The Morgan fingerprint density at radius 2 is 1.69 bits per heavy atom. The molecule has 0 N–H and O–H groups in total. The number of likely N-dealkylation sites (tertiary alicyclic amines) is 1. The summed E-state index contributed by atoms with van der Waals surface area (Å²) in [6, 6.07) is -0.361. The maximum atomic E-state index is 12.7. The Hall–Kier alpha value is -1.08. The fourth-order valence-corrected chi connectivity index (χ4v) is 4.14. The van der Waals surface area contributed by atoms with Gasteiger partial charge in [-0.3, -0.25) is 4.79 Å². The number of rotatable bonds is 4. The Kier molecular flexibility index (Phi) is 7.32. The molecular weight excluding hydrogens is 350 g/mol. The number of hydrogen-bond acceptors (Lipinski definition) is 5. The van der Waals surface area contributed by atoms with Gasteiger partial charge in [0.15, 0.2) is 8.32 Å². The molecule has 6 nitrogen and oxygen atoms in total. The molecule has 0 saturated carbocycles. The second-order valence-electron chi connectivity index (χ2n) is 9.58. The molecule has 0 aromatic carbocycles. The van der Waals surface area contributed by atoms with Crippen LogP contribution < -0.4 is 0 Å². The maximum Gasteiger partial charge on any atom is 0.410 e. The Labute approximate surface area is 159 Å². The van der Waals surface area contributed by atoms with E-state index in [2.05, 4.69) is 33.9 Å². The molecule has 0 aromatic rings. The summed E-state index contributed by atoms with van der Waals surface area (Å²) in [5.41, 5.74) is -0.583. The van der Waals surface area contributed by atoms with Gasteiger partial charge >= 0.3 is 12.1 Å². The third-order valence-electron chi connectivity index (χ3n) is 5.20. The third-order valence-corrected chi connectivity index (χ3v) is 9.71. The number of ether oxygens (including phenoxy) is 2. The van der Waals surface area contributed by atoms with Crippen molar-refractivity contribution in [1.82, 2.24) is 4.90 Å². The number of amides is 1. The minimum absolute atomic E-state index is 0.0526. The summed E-state index contributed by atoms with van der Waals surface area (Å²) in [5.74, 6) is -0.339. The molecule has 2 atom stereocenters. The molecule has 1 heterocycles. The van der Waals surface area contributed by atoms with Crippen LogP contribution >= 0.6 is 0 Å². The van der Waals surface area contributed by atoms with Crippen LogP contribution in [0, 0.1) is 0 Å². The van der Waals surface area contributed by atoms with E-state index in [9.17, 15) is 9.59 Å². The van der Waals surface area contributed by atoms with Gasteiger partial charge in [0.25, 0.3) is 0 Å². The summed E-state index contributed by atoms with van der Waals surface area (Å²) >= 11 is 0. The molecule has 0 unspecified atom stereocenters. The lowest BCUT2D eigenvalue weighted by Crippen LogP contribution is -2.57. The Morgan fingerprint density at radius 3 is 2.15 bits per heavy atom.